The molecule has 0 spiro atoms. The summed E-state index contributed by atoms with van der Waals surface area (Å²) >= 11 is 0. The van der Waals surface area contributed by atoms with Gasteiger partial charge in [0.05, 0.1) is 14.3 Å². The first-order valence-electron chi connectivity index (χ1n) is 2.40. The molecule has 0 aromatic carbocycles. The summed E-state index contributed by atoms with van der Waals surface area (Å²) < 4.78 is 0. The highest BCUT2D eigenvalue weighted by Crippen LogP contribution is 1.92. The Morgan fingerprint density at radius 3 is 1.83 bits per heavy atom. The minimum Gasteiger partial charge on any atom is -0.0999 e. The third-order valence-electron chi connectivity index (χ3n) is 0.577. The van der Waals surface area contributed by atoms with E-state index in [4.69, 9.17) is 0 Å². The van der Waals surface area contributed by atoms with Crippen molar-refractivity contribution in [3.05, 3.63) is 0 Å². The van der Waals surface area contributed by atoms with Crippen LogP contribution in [0.5, 0.6) is 0 Å². The SMILES string of the molecule is C[B][B]C(C)C. The number of hydrogen-bond acceptors (Lipinski definition) is 0. The van der Waals surface area contributed by atoms with Crippen LogP contribution in [-0.4, -0.2) is 14.3 Å². The maximum atomic E-state index is 2.17. The van der Waals surface area contributed by atoms with Crippen LogP contribution in [0.2, 0.25) is 12.6 Å². The first-order valence-corrected chi connectivity index (χ1v) is 2.40. The van der Waals surface area contributed by atoms with Crippen LogP contribution in [0.1, 0.15) is 13.8 Å². The smallest absolute Gasteiger partial charge is 0.0684 e. The molecule has 0 aromatic rings. The summed E-state index contributed by atoms with van der Waals surface area (Å²) in [7, 11) is 4.24. The summed E-state index contributed by atoms with van der Waals surface area (Å²) in [6, 6.07) is 0. The Hall–Kier alpha value is 0.130. The summed E-state index contributed by atoms with van der Waals surface area (Å²) in [5.74, 6) is 0.718. The van der Waals surface area contributed by atoms with Gasteiger partial charge in [0.25, 0.3) is 0 Å². The van der Waals surface area contributed by atoms with Gasteiger partial charge < -0.3 is 0 Å². The second kappa shape index (κ2) is 3.32. The van der Waals surface area contributed by atoms with Crippen LogP contribution >= 0.6 is 0 Å². The molecule has 0 aliphatic rings. The van der Waals surface area contributed by atoms with E-state index >= 15 is 0 Å². The third kappa shape index (κ3) is 4.13. The van der Waals surface area contributed by atoms with Crippen molar-refractivity contribution >= 4 is 14.3 Å². The topological polar surface area (TPSA) is 0 Å². The molecular weight excluding hydrogens is 69.7 g/mol. The Morgan fingerprint density at radius 2 is 1.83 bits per heavy atom. The zero-order valence-electron chi connectivity index (χ0n) is 4.73. The molecule has 0 atom stereocenters. The van der Waals surface area contributed by atoms with E-state index in [1.165, 1.54) is 0 Å². The molecule has 0 bridgehead atoms. The van der Waals surface area contributed by atoms with Gasteiger partial charge in [-0.2, -0.15) is 0 Å². The van der Waals surface area contributed by atoms with Crippen molar-refractivity contribution in [2.24, 2.45) is 0 Å². The number of hydrogen-bond donors (Lipinski definition) is 0. The van der Waals surface area contributed by atoms with E-state index in [1.54, 1.807) is 0 Å². The molecule has 0 saturated carbocycles. The fraction of sp³-hybridized carbons (Fsp3) is 1.00. The third-order valence-corrected chi connectivity index (χ3v) is 0.577. The summed E-state index contributed by atoms with van der Waals surface area (Å²) in [6.07, 6.45) is 0. The first-order chi connectivity index (χ1) is 2.77. The molecule has 32 valence electrons. The van der Waals surface area contributed by atoms with Gasteiger partial charge in [0.1, 0.15) is 0 Å². The van der Waals surface area contributed by atoms with E-state index in [1.807, 2.05) is 6.82 Å². The van der Waals surface area contributed by atoms with E-state index in [9.17, 15) is 0 Å². The fourth-order valence-corrected chi connectivity index (χ4v) is 0.385. The second-order valence-corrected chi connectivity index (χ2v) is 1.77. The molecule has 0 N–H and O–H groups in total. The van der Waals surface area contributed by atoms with Gasteiger partial charge in [-0.15, -0.1) is 0 Å². The van der Waals surface area contributed by atoms with Crippen LogP contribution in [0.4, 0.5) is 0 Å². The molecule has 2 heteroatoms. The summed E-state index contributed by atoms with van der Waals surface area (Å²) in [5.41, 5.74) is 0. The van der Waals surface area contributed by atoms with Gasteiger partial charge >= 0.3 is 0 Å². The van der Waals surface area contributed by atoms with E-state index in [0.717, 1.165) is 5.82 Å². The molecule has 2 radical (unpaired) electrons. The molecule has 0 fully saturated rings. The summed E-state index contributed by atoms with van der Waals surface area (Å²) in [5, 5.41) is 0. The molecule has 0 amide bonds. The summed E-state index contributed by atoms with van der Waals surface area (Å²) in [6.45, 7) is 6.38. The van der Waals surface area contributed by atoms with Gasteiger partial charge in [0, 0.05) is 0 Å². The molecule has 0 unspecified atom stereocenters. The van der Waals surface area contributed by atoms with Gasteiger partial charge in [-0.25, -0.2) is 0 Å². The van der Waals surface area contributed by atoms with Crippen LogP contribution in [0.3, 0.4) is 0 Å². The first kappa shape index (κ1) is 6.13. The summed E-state index contributed by atoms with van der Waals surface area (Å²) in [4.78, 5) is 0. The average molecular weight is 79.7 g/mol. The lowest BCUT2D eigenvalue weighted by atomic mass is 9.36. The molecule has 0 saturated heterocycles. The molecule has 0 heterocycles. The molecule has 0 rings (SSSR count). The van der Waals surface area contributed by atoms with Crippen molar-refractivity contribution < 1.29 is 0 Å². The predicted molar refractivity (Wildman–Crippen MR) is 32.5 cm³/mol. The highest BCUT2D eigenvalue weighted by molar-refractivity contribution is 7.00. The zero-order chi connectivity index (χ0) is 4.99. The lowest BCUT2D eigenvalue weighted by molar-refractivity contribution is 1.07. The van der Waals surface area contributed by atoms with Gasteiger partial charge in [0.2, 0.25) is 0 Å². The van der Waals surface area contributed by atoms with E-state index in [2.05, 4.69) is 28.2 Å². The lowest BCUT2D eigenvalue weighted by Gasteiger charge is -1.93. The maximum absolute atomic E-state index is 2.17. The average Bonchev–Trinajstić information content (AvgIpc) is 1.35. The van der Waals surface area contributed by atoms with Crippen molar-refractivity contribution in [2.45, 2.75) is 26.5 Å². The quantitative estimate of drug-likeness (QED) is 0.437. The monoisotopic (exact) mass is 80.1 g/mol. The van der Waals surface area contributed by atoms with E-state index < -0.39 is 0 Å². The van der Waals surface area contributed by atoms with Crippen LogP contribution < -0.4 is 0 Å². The van der Waals surface area contributed by atoms with Crippen molar-refractivity contribution in [1.82, 2.24) is 0 Å². The minimum absolute atomic E-state index is 0.718. The second-order valence-electron chi connectivity index (χ2n) is 1.77. The standard InChI is InChI=1S/C4H10B2/c1-4(2)6-5-3/h4H,1-3H3. The van der Waals surface area contributed by atoms with E-state index in [0.29, 0.717) is 0 Å². The molecule has 0 aliphatic heterocycles. The molecule has 0 aliphatic carbocycles. The normalized spacial score (nSPS) is 8.67. The fourth-order valence-electron chi connectivity index (χ4n) is 0.385. The Morgan fingerprint density at radius 1 is 1.33 bits per heavy atom. The largest absolute Gasteiger partial charge is 0.0999 e. The molecule has 0 nitrogen and oxygen atoms in total. The zero-order valence-corrected chi connectivity index (χ0v) is 4.73. The Bertz CT molecular complexity index is 26.7. The van der Waals surface area contributed by atoms with Crippen LogP contribution in [0, 0.1) is 0 Å². The van der Waals surface area contributed by atoms with Crippen molar-refractivity contribution in [3.63, 3.8) is 0 Å². The minimum atomic E-state index is 0.718. The van der Waals surface area contributed by atoms with Gasteiger partial charge in [0.15, 0.2) is 0 Å². The molecular formula is C4H10B2. The van der Waals surface area contributed by atoms with Crippen LogP contribution in [0.15, 0.2) is 0 Å². The number of rotatable bonds is 2. The van der Waals surface area contributed by atoms with Crippen molar-refractivity contribution in [1.29, 1.82) is 0 Å². The van der Waals surface area contributed by atoms with Crippen LogP contribution in [-0.2, 0) is 0 Å². The highest BCUT2D eigenvalue weighted by Gasteiger charge is 1.89. The van der Waals surface area contributed by atoms with E-state index in [-0.39, 0.29) is 0 Å². The van der Waals surface area contributed by atoms with Gasteiger partial charge in [-0.3, -0.25) is 0 Å². The van der Waals surface area contributed by atoms with Crippen LogP contribution in [0.25, 0.3) is 0 Å². The Labute approximate surface area is 41.8 Å². The maximum Gasteiger partial charge on any atom is 0.0684 e. The Kier molecular flexibility index (Phi) is 3.40. The van der Waals surface area contributed by atoms with Gasteiger partial charge in [-0.1, -0.05) is 26.5 Å². The lowest BCUT2D eigenvalue weighted by Crippen LogP contribution is -2.01. The Balaban J connectivity index is 2.63. The molecule has 6 heavy (non-hydrogen) atoms. The predicted octanol–water partition coefficient (Wildman–Crippen LogP) is 1.19. The van der Waals surface area contributed by atoms with Crippen molar-refractivity contribution in [3.8, 4) is 0 Å². The molecule has 0 aromatic heterocycles. The van der Waals surface area contributed by atoms with Crippen molar-refractivity contribution in [2.75, 3.05) is 0 Å². The van der Waals surface area contributed by atoms with Gasteiger partial charge in [-0.05, 0) is 0 Å². The highest BCUT2D eigenvalue weighted by atomic mass is 13.7.